The summed E-state index contributed by atoms with van der Waals surface area (Å²) in [5.41, 5.74) is 1.86. The van der Waals surface area contributed by atoms with Crippen LogP contribution < -0.4 is 5.32 Å². The summed E-state index contributed by atoms with van der Waals surface area (Å²) in [7, 11) is 0. The van der Waals surface area contributed by atoms with E-state index in [-0.39, 0.29) is 0 Å². The number of nitrogens with one attached hydrogen (secondary N) is 1. The molecular formula is C14H25N3. The van der Waals surface area contributed by atoms with Gasteiger partial charge < -0.3 is 5.32 Å². The first-order chi connectivity index (χ1) is 8.08. The van der Waals surface area contributed by atoms with Gasteiger partial charge in [0.2, 0.25) is 0 Å². The monoisotopic (exact) mass is 235 g/mol. The molecule has 0 amide bonds. The first-order valence-electron chi connectivity index (χ1n) is 6.84. The predicted molar refractivity (Wildman–Crippen MR) is 70.8 cm³/mol. The standard InChI is InChI=1S/C14H25N3/c1-5-7-17-10-11(9-16-17)13(15-6-2)12-8-14(12,3)4/h9-10,12-13,15H,5-8H2,1-4H3. The lowest BCUT2D eigenvalue weighted by molar-refractivity contribution is 0.423. The van der Waals surface area contributed by atoms with E-state index >= 15 is 0 Å². The molecule has 17 heavy (non-hydrogen) atoms. The smallest absolute Gasteiger partial charge is 0.0537 e. The van der Waals surface area contributed by atoms with Crippen LogP contribution in [-0.4, -0.2) is 16.3 Å². The highest BCUT2D eigenvalue weighted by Crippen LogP contribution is 2.57. The number of hydrogen-bond donors (Lipinski definition) is 1. The van der Waals surface area contributed by atoms with Crippen LogP contribution in [-0.2, 0) is 6.54 Å². The van der Waals surface area contributed by atoms with Crippen LogP contribution in [0.15, 0.2) is 12.4 Å². The van der Waals surface area contributed by atoms with Gasteiger partial charge in [-0.3, -0.25) is 4.68 Å². The fraction of sp³-hybridized carbons (Fsp3) is 0.786. The summed E-state index contributed by atoms with van der Waals surface area (Å²) >= 11 is 0. The van der Waals surface area contributed by atoms with E-state index in [0.717, 1.165) is 25.4 Å². The molecule has 96 valence electrons. The molecule has 1 aliphatic rings. The number of aryl methyl sites for hydroxylation is 1. The van der Waals surface area contributed by atoms with Crippen molar-refractivity contribution in [2.75, 3.05) is 6.54 Å². The van der Waals surface area contributed by atoms with E-state index in [1.807, 2.05) is 6.20 Å². The second-order valence-electron chi connectivity index (χ2n) is 5.87. The average Bonchev–Trinajstić information content (AvgIpc) is 2.72. The van der Waals surface area contributed by atoms with Crippen molar-refractivity contribution in [1.29, 1.82) is 0 Å². The number of aromatic nitrogens is 2. The van der Waals surface area contributed by atoms with Crippen LogP contribution in [0.3, 0.4) is 0 Å². The molecule has 0 radical (unpaired) electrons. The zero-order valence-corrected chi connectivity index (χ0v) is 11.5. The number of rotatable bonds is 6. The third-order valence-corrected chi connectivity index (χ3v) is 3.88. The van der Waals surface area contributed by atoms with E-state index in [2.05, 4.69) is 49.0 Å². The lowest BCUT2D eigenvalue weighted by atomic mass is 9.99. The van der Waals surface area contributed by atoms with Crippen molar-refractivity contribution >= 4 is 0 Å². The van der Waals surface area contributed by atoms with E-state index in [4.69, 9.17) is 0 Å². The lowest BCUT2D eigenvalue weighted by Crippen LogP contribution is -2.24. The molecule has 1 N–H and O–H groups in total. The molecule has 0 bridgehead atoms. The number of hydrogen-bond acceptors (Lipinski definition) is 2. The minimum absolute atomic E-state index is 0.487. The molecule has 3 heteroatoms. The Morgan fingerprint density at radius 1 is 1.53 bits per heavy atom. The van der Waals surface area contributed by atoms with Crippen molar-refractivity contribution < 1.29 is 0 Å². The number of nitrogens with zero attached hydrogens (tertiary/aromatic N) is 2. The van der Waals surface area contributed by atoms with E-state index in [0.29, 0.717) is 11.5 Å². The molecule has 2 unspecified atom stereocenters. The third-order valence-electron chi connectivity index (χ3n) is 3.88. The summed E-state index contributed by atoms with van der Waals surface area (Å²) in [4.78, 5) is 0. The Bertz CT molecular complexity index is 367. The normalized spacial score (nSPS) is 23.6. The van der Waals surface area contributed by atoms with E-state index in [1.54, 1.807) is 0 Å². The van der Waals surface area contributed by atoms with Gasteiger partial charge in [-0.15, -0.1) is 0 Å². The van der Waals surface area contributed by atoms with Gasteiger partial charge in [-0.2, -0.15) is 5.10 Å². The minimum Gasteiger partial charge on any atom is -0.310 e. The van der Waals surface area contributed by atoms with Crippen molar-refractivity contribution in [3.8, 4) is 0 Å². The van der Waals surface area contributed by atoms with Gasteiger partial charge in [0.05, 0.1) is 6.20 Å². The van der Waals surface area contributed by atoms with Gasteiger partial charge in [0.25, 0.3) is 0 Å². The summed E-state index contributed by atoms with van der Waals surface area (Å²) in [5.74, 6) is 0.765. The summed E-state index contributed by atoms with van der Waals surface area (Å²) in [6.07, 6.45) is 6.72. The topological polar surface area (TPSA) is 29.9 Å². The molecule has 0 spiro atoms. The molecule has 0 saturated heterocycles. The van der Waals surface area contributed by atoms with Crippen molar-refractivity contribution in [2.24, 2.45) is 11.3 Å². The van der Waals surface area contributed by atoms with Gasteiger partial charge in [0.1, 0.15) is 0 Å². The van der Waals surface area contributed by atoms with Crippen LogP contribution in [0.4, 0.5) is 0 Å². The fourth-order valence-electron chi connectivity index (χ4n) is 2.68. The molecule has 1 aromatic heterocycles. The Morgan fingerprint density at radius 2 is 2.24 bits per heavy atom. The highest BCUT2D eigenvalue weighted by atomic mass is 15.3. The van der Waals surface area contributed by atoms with Gasteiger partial charge in [-0.05, 0) is 30.7 Å². The van der Waals surface area contributed by atoms with Crippen LogP contribution in [0.25, 0.3) is 0 Å². The molecule has 1 heterocycles. The molecule has 1 aromatic rings. The molecular weight excluding hydrogens is 210 g/mol. The first kappa shape index (κ1) is 12.6. The van der Waals surface area contributed by atoms with E-state index in [1.165, 1.54) is 12.0 Å². The lowest BCUT2D eigenvalue weighted by Gasteiger charge is -2.18. The van der Waals surface area contributed by atoms with Crippen molar-refractivity contribution in [3.63, 3.8) is 0 Å². The molecule has 2 atom stereocenters. The second kappa shape index (κ2) is 4.81. The Hall–Kier alpha value is -0.830. The van der Waals surface area contributed by atoms with Gasteiger partial charge in [-0.1, -0.05) is 27.7 Å². The SMILES string of the molecule is CCCn1cc(C(NCC)C2CC2(C)C)cn1. The summed E-state index contributed by atoms with van der Waals surface area (Å²) in [6.45, 7) is 11.1. The van der Waals surface area contributed by atoms with Crippen molar-refractivity contribution in [2.45, 2.75) is 53.1 Å². The molecule has 2 rings (SSSR count). The van der Waals surface area contributed by atoms with Gasteiger partial charge in [-0.25, -0.2) is 0 Å². The van der Waals surface area contributed by atoms with Crippen LogP contribution in [0, 0.1) is 11.3 Å². The molecule has 1 saturated carbocycles. The van der Waals surface area contributed by atoms with Crippen LogP contribution >= 0.6 is 0 Å². The highest BCUT2D eigenvalue weighted by molar-refractivity contribution is 5.17. The maximum Gasteiger partial charge on any atom is 0.0537 e. The van der Waals surface area contributed by atoms with Gasteiger partial charge in [0, 0.05) is 24.3 Å². The quantitative estimate of drug-likeness (QED) is 0.821. The minimum atomic E-state index is 0.487. The third kappa shape index (κ3) is 2.71. The van der Waals surface area contributed by atoms with Crippen LogP contribution in [0.1, 0.15) is 52.1 Å². The first-order valence-corrected chi connectivity index (χ1v) is 6.84. The van der Waals surface area contributed by atoms with Gasteiger partial charge >= 0.3 is 0 Å². The highest BCUT2D eigenvalue weighted by Gasteiger charge is 2.50. The van der Waals surface area contributed by atoms with Crippen LogP contribution in [0.2, 0.25) is 0 Å². The zero-order chi connectivity index (χ0) is 12.5. The van der Waals surface area contributed by atoms with Gasteiger partial charge in [0.15, 0.2) is 0 Å². The predicted octanol–water partition coefficient (Wildman–Crippen LogP) is 2.99. The largest absolute Gasteiger partial charge is 0.310 e. The Kier molecular flexibility index (Phi) is 3.57. The molecule has 0 aromatic carbocycles. The Balaban J connectivity index is 2.09. The molecule has 1 fully saturated rings. The van der Waals surface area contributed by atoms with Crippen LogP contribution in [0.5, 0.6) is 0 Å². The summed E-state index contributed by atoms with van der Waals surface area (Å²) in [5, 5.41) is 8.06. The average molecular weight is 235 g/mol. The fourth-order valence-corrected chi connectivity index (χ4v) is 2.68. The molecule has 0 aliphatic heterocycles. The molecule has 1 aliphatic carbocycles. The van der Waals surface area contributed by atoms with Crippen molar-refractivity contribution in [1.82, 2.24) is 15.1 Å². The maximum absolute atomic E-state index is 4.44. The Morgan fingerprint density at radius 3 is 2.76 bits per heavy atom. The Labute approximate surface area is 105 Å². The van der Waals surface area contributed by atoms with E-state index in [9.17, 15) is 0 Å². The second-order valence-corrected chi connectivity index (χ2v) is 5.87. The molecule has 3 nitrogen and oxygen atoms in total. The summed E-state index contributed by atoms with van der Waals surface area (Å²) in [6, 6.07) is 0.487. The zero-order valence-electron chi connectivity index (χ0n) is 11.5. The van der Waals surface area contributed by atoms with E-state index < -0.39 is 0 Å². The van der Waals surface area contributed by atoms with Crippen molar-refractivity contribution in [3.05, 3.63) is 18.0 Å². The summed E-state index contributed by atoms with van der Waals surface area (Å²) < 4.78 is 2.06. The maximum atomic E-state index is 4.44.